The molecule has 1 rings (SSSR count). The van der Waals surface area contributed by atoms with Gasteiger partial charge >= 0.3 is 0 Å². The summed E-state index contributed by atoms with van der Waals surface area (Å²) >= 11 is 0. The van der Waals surface area contributed by atoms with Crippen LogP contribution < -0.4 is 0 Å². The number of hydrogen-bond acceptors (Lipinski definition) is 2. The van der Waals surface area contributed by atoms with Crippen LogP contribution in [0.15, 0.2) is 30.0 Å². The van der Waals surface area contributed by atoms with E-state index < -0.39 is 11.3 Å². The highest BCUT2D eigenvalue weighted by atomic mass is 19.3. The van der Waals surface area contributed by atoms with E-state index in [1.165, 1.54) is 24.3 Å². The van der Waals surface area contributed by atoms with E-state index in [1.807, 2.05) is 0 Å². The molecule has 0 saturated carbocycles. The van der Waals surface area contributed by atoms with Crippen LogP contribution in [0.25, 0.3) is 6.08 Å². The van der Waals surface area contributed by atoms with E-state index in [2.05, 4.69) is 0 Å². The molecular formula is C11H11F2NO2. The van der Waals surface area contributed by atoms with Gasteiger partial charge in [0.1, 0.15) is 0 Å². The summed E-state index contributed by atoms with van der Waals surface area (Å²) in [7, 11) is 0. The summed E-state index contributed by atoms with van der Waals surface area (Å²) in [6.45, 7) is 1.64. The third kappa shape index (κ3) is 3.12. The SMILES string of the molecule is CC/C(=C/c1cccc(C(F)F)c1)[N+](=O)[O-]. The molecule has 3 nitrogen and oxygen atoms in total. The minimum absolute atomic E-state index is 0.00594. The Bertz CT molecular complexity index is 416. The van der Waals surface area contributed by atoms with Crippen LogP contribution >= 0.6 is 0 Å². The molecule has 0 radical (unpaired) electrons. The van der Waals surface area contributed by atoms with Crippen LogP contribution in [-0.4, -0.2) is 4.92 Å². The van der Waals surface area contributed by atoms with Gasteiger partial charge < -0.3 is 0 Å². The van der Waals surface area contributed by atoms with Gasteiger partial charge in [0.2, 0.25) is 5.70 Å². The first-order valence-electron chi connectivity index (χ1n) is 4.77. The van der Waals surface area contributed by atoms with Crippen molar-refractivity contribution in [3.63, 3.8) is 0 Å². The van der Waals surface area contributed by atoms with Crippen molar-refractivity contribution in [2.24, 2.45) is 0 Å². The summed E-state index contributed by atoms with van der Waals surface area (Å²) in [4.78, 5) is 10.0. The highest BCUT2D eigenvalue weighted by molar-refractivity contribution is 5.52. The van der Waals surface area contributed by atoms with Gasteiger partial charge in [0, 0.05) is 18.1 Å². The second-order valence-electron chi connectivity index (χ2n) is 3.22. The lowest BCUT2D eigenvalue weighted by atomic mass is 10.1. The van der Waals surface area contributed by atoms with Gasteiger partial charge in [-0.25, -0.2) is 8.78 Å². The van der Waals surface area contributed by atoms with Crippen molar-refractivity contribution in [3.05, 3.63) is 51.2 Å². The van der Waals surface area contributed by atoms with Gasteiger partial charge in [0.05, 0.1) is 4.92 Å². The summed E-state index contributed by atoms with van der Waals surface area (Å²) in [5, 5.41) is 10.5. The molecule has 0 bridgehead atoms. The Morgan fingerprint density at radius 1 is 1.56 bits per heavy atom. The van der Waals surface area contributed by atoms with E-state index in [0.29, 0.717) is 5.56 Å². The number of allylic oxidation sites excluding steroid dienone is 1. The van der Waals surface area contributed by atoms with Crippen LogP contribution in [0.4, 0.5) is 8.78 Å². The molecule has 0 saturated heterocycles. The molecule has 1 aromatic carbocycles. The quantitative estimate of drug-likeness (QED) is 0.582. The maximum absolute atomic E-state index is 12.4. The maximum atomic E-state index is 12.4. The second-order valence-corrected chi connectivity index (χ2v) is 3.22. The highest BCUT2D eigenvalue weighted by Crippen LogP contribution is 2.21. The van der Waals surface area contributed by atoms with E-state index in [-0.39, 0.29) is 17.7 Å². The van der Waals surface area contributed by atoms with Gasteiger partial charge in [0.15, 0.2) is 0 Å². The predicted molar refractivity (Wildman–Crippen MR) is 56.7 cm³/mol. The fraction of sp³-hybridized carbons (Fsp3) is 0.273. The summed E-state index contributed by atoms with van der Waals surface area (Å²) in [5.74, 6) is 0. The molecule has 0 fully saturated rings. The van der Waals surface area contributed by atoms with E-state index in [4.69, 9.17) is 0 Å². The number of rotatable bonds is 4. The number of hydrogen-bond donors (Lipinski definition) is 0. The second kappa shape index (κ2) is 5.34. The monoisotopic (exact) mass is 227 g/mol. The Morgan fingerprint density at radius 2 is 2.25 bits per heavy atom. The van der Waals surface area contributed by atoms with Gasteiger partial charge in [-0.15, -0.1) is 0 Å². The van der Waals surface area contributed by atoms with E-state index >= 15 is 0 Å². The lowest BCUT2D eigenvalue weighted by Crippen LogP contribution is -1.96. The summed E-state index contributed by atoms with van der Waals surface area (Å²) in [5.41, 5.74) is 0.297. The van der Waals surface area contributed by atoms with E-state index in [0.717, 1.165) is 0 Å². The molecule has 0 aliphatic rings. The molecule has 0 N–H and O–H groups in total. The Labute approximate surface area is 91.6 Å². The van der Waals surface area contributed by atoms with Crippen molar-refractivity contribution in [1.29, 1.82) is 0 Å². The third-order valence-electron chi connectivity index (χ3n) is 2.09. The Balaban J connectivity index is 3.05. The zero-order chi connectivity index (χ0) is 12.1. The van der Waals surface area contributed by atoms with E-state index in [1.54, 1.807) is 13.0 Å². The molecule has 0 aromatic heterocycles. The van der Waals surface area contributed by atoms with Crippen LogP contribution in [0.2, 0.25) is 0 Å². The minimum Gasteiger partial charge on any atom is -0.259 e. The lowest BCUT2D eigenvalue weighted by Gasteiger charge is -2.00. The van der Waals surface area contributed by atoms with Crippen LogP contribution in [0.5, 0.6) is 0 Å². The fourth-order valence-corrected chi connectivity index (χ4v) is 1.26. The van der Waals surface area contributed by atoms with Crippen molar-refractivity contribution in [3.8, 4) is 0 Å². The largest absolute Gasteiger partial charge is 0.263 e. The molecule has 0 aliphatic carbocycles. The molecule has 5 heteroatoms. The van der Waals surface area contributed by atoms with Crippen LogP contribution in [0.3, 0.4) is 0 Å². The molecule has 0 spiro atoms. The molecule has 1 aromatic rings. The Kier molecular flexibility index (Phi) is 4.10. The van der Waals surface area contributed by atoms with Crippen LogP contribution in [0.1, 0.15) is 30.9 Å². The summed E-state index contributed by atoms with van der Waals surface area (Å²) < 4.78 is 24.7. The van der Waals surface area contributed by atoms with E-state index in [9.17, 15) is 18.9 Å². The first-order valence-corrected chi connectivity index (χ1v) is 4.77. The van der Waals surface area contributed by atoms with Gasteiger partial charge in [-0.1, -0.05) is 25.1 Å². The average molecular weight is 227 g/mol. The van der Waals surface area contributed by atoms with Gasteiger partial charge in [0.25, 0.3) is 6.43 Å². The van der Waals surface area contributed by atoms with Crippen molar-refractivity contribution >= 4 is 6.08 Å². The van der Waals surface area contributed by atoms with Gasteiger partial charge in [-0.05, 0) is 11.6 Å². The first kappa shape index (κ1) is 12.3. The molecule has 0 atom stereocenters. The molecular weight excluding hydrogens is 216 g/mol. The van der Waals surface area contributed by atoms with Crippen molar-refractivity contribution in [2.45, 2.75) is 19.8 Å². The van der Waals surface area contributed by atoms with Crippen molar-refractivity contribution < 1.29 is 13.7 Å². The maximum Gasteiger partial charge on any atom is 0.263 e. The molecule has 0 unspecified atom stereocenters. The van der Waals surface area contributed by atoms with Crippen molar-refractivity contribution in [2.75, 3.05) is 0 Å². The third-order valence-corrected chi connectivity index (χ3v) is 2.09. The van der Waals surface area contributed by atoms with Gasteiger partial charge in [-0.3, -0.25) is 10.1 Å². The molecule has 0 aliphatic heterocycles. The zero-order valence-electron chi connectivity index (χ0n) is 8.69. The van der Waals surface area contributed by atoms with Crippen LogP contribution in [0, 0.1) is 10.1 Å². The van der Waals surface area contributed by atoms with Gasteiger partial charge in [-0.2, -0.15) is 0 Å². The number of halogens is 2. The van der Waals surface area contributed by atoms with Crippen molar-refractivity contribution in [1.82, 2.24) is 0 Å². The minimum atomic E-state index is -2.56. The number of benzene rings is 1. The molecule has 0 amide bonds. The smallest absolute Gasteiger partial charge is 0.259 e. The Hall–Kier alpha value is -1.78. The topological polar surface area (TPSA) is 43.1 Å². The highest BCUT2D eigenvalue weighted by Gasteiger charge is 2.09. The molecule has 86 valence electrons. The zero-order valence-corrected chi connectivity index (χ0v) is 8.69. The molecule has 0 heterocycles. The molecule has 16 heavy (non-hydrogen) atoms. The number of nitro groups is 1. The fourth-order valence-electron chi connectivity index (χ4n) is 1.26. The predicted octanol–water partition coefficient (Wildman–Crippen LogP) is 3.65. The first-order chi connectivity index (χ1) is 7.54. The lowest BCUT2D eigenvalue weighted by molar-refractivity contribution is -0.425. The average Bonchev–Trinajstić information content (AvgIpc) is 2.25. The normalized spacial score (nSPS) is 11.9. The number of alkyl halides is 2. The summed E-state index contributed by atoms with van der Waals surface area (Å²) in [6.07, 6.45) is -0.994. The Morgan fingerprint density at radius 3 is 2.75 bits per heavy atom. The number of nitrogens with zero attached hydrogens (tertiary/aromatic N) is 1. The van der Waals surface area contributed by atoms with Crippen LogP contribution in [-0.2, 0) is 0 Å². The standard InChI is InChI=1S/C11H11F2NO2/c1-2-10(14(15)16)7-8-4-3-5-9(6-8)11(12)13/h3-7,11H,2H2,1H3/b10-7-. The summed E-state index contributed by atoms with van der Waals surface area (Å²) in [6, 6.07) is 5.56.